The van der Waals surface area contributed by atoms with Crippen molar-refractivity contribution in [1.82, 2.24) is 15.4 Å². The summed E-state index contributed by atoms with van der Waals surface area (Å²) in [5.74, 6) is 0.360. The van der Waals surface area contributed by atoms with E-state index in [0.717, 1.165) is 18.7 Å². The van der Waals surface area contributed by atoms with Crippen LogP contribution in [0.15, 0.2) is 53.1 Å². The standard InChI is InChI=1S/C28H35N3O3/c1-19-6-7-22(16-20(19)2)26-17-24(30-34-26)27(32)29-18-25(31-12-14-33-15-13-31)21-8-10-23(11-9-21)28(3,4)5/h6-11,16-17,25H,12-15,18H2,1-5H3,(H,29,32)/t25-/m1/s1. The van der Waals surface area contributed by atoms with E-state index in [0.29, 0.717) is 25.5 Å². The second-order valence-corrected chi connectivity index (χ2v) is 10.1. The summed E-state index contributed by atoms with van der Waals surface area (Å²) in [6, 6.07) is 16.6. The number of ether oxygens (including phenoxy) is 1. The van der Waals surface area contributed by atoms with E-state index in [9.17, 15) is 4.79 Å². The first-order valence-electron chi connectivity index (χ1n) is 12.0. The minimum absolute atomic E-state index is 0.0630. The lowest BCUT2D eigenvalue weighted by Gasteiger charge is -2.35. The van der Waals surface area contributed by atoms with Crippen molar-refractivity contribution in [1.29, 1.82) is 0 Å². The molecule has 0 unspecified atom stereocenters. The van der Waals surface area contributed by atoms with Gasteiger partial charge in [0.15, 0.2) is 11.5 Å². The van der Waals surface area contributed by atoms with E-state index in [1.54, 1.807) is 6.07 Å². The van der Waals surface area contributed by atoms with Crippen LogP contribution in [-0.4, -0.2) is 48.8 Å². The lowest BCUT2D eigenvalue weighted by Crippen LogP contribution is -2.43. The Morgan fingerprint density at radius 1 is 1.03 bits per heavy atom. The minimum Gasteiger partial charge on any atom is -0.379 e. The van der Waals surface area contributed by atoms with Crippen LogP contribution in [0.25, 0.3) is 11.3 Å². The Labute approximate surface area is 202 Å². The Bertz CT molecular complexity index is 1120. The van der Waals surface area contributed by atoms with Gasteiger partial charge in [-0.25, -0.2) is 0 Å². The summed E-state index contributed by atoms with van der Waals surface area (Å²) in [5, 5.41) is 7.11. The van der Waals surface area contributed by atoms with Gasteiger partial charge in [0.05, 0.1) is 19.3 Å². The molecule has 1 aliphatic heterocycles. The van der Waals surface area contributed by atoms with Crippen molar-refractivity contribution >= 4 is 5.91 Å². The highest BCUT2D eigenvalue weighted by atomic mass is 16.5. The first-order chi connectivity index (χ1) is 16.2. The SMILES string of the molecule is Cc1ccc(-c2cc(C(=O)NC[C@H](c3ccc(C(C)(C)C)cc3)N3CCOCC3)no2)cc1C. The van der Waals surface area contributed by atoms with Gasteiger partial charge >= 0.3 is 0 Å². The van der Waals surface area contributed by atoms with Crippen molar-refractivity contribution in [3.63, 3.8) is 0 Å². The number of aryl methyl sites for hydroxylation is 2. The van der Waals surface area contributed by atoms with Gasteiger partial charge in [-0.2, -0.15) is 0 Å². The molecule has 1 N–H and O–H groups in total. The van der Waals surface area contributed by atoms with Crippen LogP contribution in [0.2, 0.25) is 0 Å². The Balaban J connectivity index is 1.48. The van der Waals surface area contributed by atoms with Gasteiger partial charge in [0.2, 0.25) is 0 Å². The highest BCUT2D eigenvalue weighted by molar-refractivity contribution is 5.93. The van der Waals surface area contributed by atoms with Crippen molar-refractivity contribution in [3.8, 4) is 11.3 Å². The third-order valence-electron chi connectivity index (χ3n) is 6.64. The molecule has 6 nitrogen and oxygen atoms in total. The Kier molecular flexibility index (Phi) is 7.19. The quantitative estimate of drug-likeness (QED) is 0.556. The summed E-state index contributed by atoms with van der Waals surface area (Å²) < 4.78 is 11.0. The minimum atomic E-state index is -0.233. The van der Waals surface area contributed by atoms with E-state index < -0.39 is 0 Å². The van der Waals surface area contributed by atoms with Gasteiger partial charge in [-0.1, -0.05) is 62.3 Å². The summed E-state index contributed by atoms with van der Waals surface area (Å²) in [7, 11) is 0. The number of aromatic nitrogens is 1. The highest BCUT2D eigenvalue weighted by Gasteiger charge is 2.25. The number of nitrogens with zero attached hydrogens (tertiary/aromatic N) is 2. The molecule has 0 aliphatic carbocycles. The smallest absolute Gasteiger partial charge is 0.273 e. The third kappa shape index (κ3) is 5.57. The molecule has 6 heteroatoms. The molecular weight excluding hydrogens is 426 g/mol. The number of morpholine rings is 1. The molecule has 4 rings (SSSR count). The maximum Gasteiger partial charge on any atom is 0.273 e. The molecule has 34 heavy (non-hydrogen) atoms. The van der Waals surface area contributed by atoms with Crippen LogP contribution in [0, 0.1) is 13.8 Å². The number of carbonyl (C=O) groups is 1. The van der Waals surface area contributed by atoms with Crippen LogP contribution in [-0.2, 0) is 10.2 Å². The second kappa shape index (κ2) is 10.1. The molecule has 1 amide bonds. The summed E-state index contributed by atoms with van der Waals surface area (Å²) in [6.07, 6.45) is 0. The van der Waals surface area contributed by atoms with Gasteiger partial charge in [-0.05, 0) is 47.6 Å². The second-order valence-electron chi connectivity index (χ2n) is 10.1. The average molecular weight is 462 g/mol. The molecule has 3 aromatic rings. The highest BCUT2D eigenvalue weighted by Crippen LogP contribution is 2.27. The van der Waals surface area contributed by atoms with Crippen LogP contribution in [0.5, 0.6) is 0 Å². The van der Waals surface area contributed by atoms with Crippen molar-refractivity contribution in [2.75, 3.05) is 32.8 Å². The Hall–Kier alpha value is -2.96. The number of amides is 1. The third-order valence-corrected chi connectivity index (χ3v) is 6.64. The van der Waals surface area contributed by atoms with Crippen molar-refractivity contribution in [2.45, 2.75) is 46.1 Å². The van der Waals surface area contributed by atoms with E-state index in [1.807, 2.05) is 18.2 Å². The van der Waals surface area contributed by atoms with E-state index >= 15 is 0 Å². The predicted molar refractivity (Wildman–Crippen MR) is 134 cm³/mol. The lowest BCUT2D eigenvalue weighted by atomic mass is 9.86. The van der Waals surface area contributed by atoms with Crippen LogP contribution >= 0.6 is 0 Å². The fraction of sp³-hybridized carbons (Fsp3) is 0.429. The molecule has 2 aromatic carbocycles. The fourth-order valence-electron chi connectivity index (χ4n) is 4.25. The first-order valence-corrected chi connectivity index (χ1v) is 12.0. The van der Waals surface area contributed by atoms with Gasteiger partial charge < -0.3 is 14.6 Å². The van der Waals surface area contributed by atoms with Gasteiger partial charge in [-0.15, -0.1) is 0 Å². The molecule has 0 saturated carbocycles. The summed E-state index contributed by atoms with van der Waals surface area (Å²) in [5.41, 5.74) is 6.17. The Morgan fingerprint density at radius 2 is 1.74 bits per heavy atom. The van der Waals surface area contributed by atoms with Gasteiger partial charge in [0.25, 0.3) is 5.91 Å². The molecule has 1 aliphatic rings. The molecule has 1 atom stereocenters. The maximum atomic E-state index is 12.9. The predicted octanol–water partition coefficient (Wildman–Crippen LogP) is 5.06. The summed E-state index contributed by atoms with van der Waals surface area (Å²) in [4.78, 5) is 15.3. The summed E-state index contributed by atoms with van der Waals surface area (Å²) >= 11 is 0. The van der Waals surface area contributed by atoms with Crippen LogP contribution < -0.4 is 5.32 Å². The molecule has 0 spiro atoms. The molecule has 1 saturated heterocycles. The first kappa shape index (κ1) is 24.2. The van der Waals surface area contributed by atoms with Crippen LogP contribution in [0.4, 0.5) is 0 Å². The Morgan fingerprint density at radius 3 is 2.38 bits per heavy atom. The molecule has 0 radical (unpaired) electrons. The molecule has 1 fully saturated rings. The van der Waals surface area contributed by atoms with Crippen LogP contribution in [0.1, 0.15) is 59.6 Å². The van der Waals surface area contributed by atoms with Crippen LogP contribution in [0.3, 0.4) is 0 Å². The molecular formula is C28H35N3O3. The zero-order chi connectivity index (χ0) is 24.3. The van der Waals surface area contributed by atoms with Gasteiger partial charge in [0.1, 0.15) is 0 Å². The molecule has 180 valence electrons. The zero-order valence-corrected chi connectivity index (χ0v) is 20.9. The largest absolute Gasteiger partial charge is 0.379 e. The number of carbonyl (C=O) groups excluding carboxylic acids is 1. The number of hydrogen-bond acceptors (Lipinski definition) is 5. The van der Waals surface area contributed by atoms with Crippen molar-refractivity contribution < 1.29 is 14.1 Å². The molecule has 2 heterocycles. The van der Waals surface area contributed by atoms with Gasteiger partial charge in [-0.3, -0.25) is 9.69 Å². The number of benzene rings is 2. The van der Waals surface area contributed by atoms with Crippen molar-refractivity contribution in [3.05, 3.63) is 76.5 Å². The van der Waals surface area contributed by atoms with E-state index in [2.05, 4.69) is 74.3 Å². The van der Waals surface area contributed by atoms with E-state index in [1.165, 1.54) is 22.3 Å². The normalized spacial score (nSPS) is 15.8. The number of rotatable bonds is 6. The zero-order valence-electron chi connectivity index (χ0n) is 20.9. The summed E-state index contributed by atoms with van der Waals surface area (Å²) in [6.45, 7) is 14.3. The van der Waals surface area contributed by atoms with E-state index in [4.69, 9.17) is 9.26 Å². The topological polar surface area (TPSA) is 67.6 Å². The van der Waals surface area contributed by atoms with E-state index in [-0.39, 0.29) is 23.1 Å². The maximum absolute atomic E-state index is 12.9. The lowest BCUT2D eigenvalue weighted by molar-refractivity contribution is 0.0162. The number of nitrogens with one attached hydrogen (secondary N) is 1. The van der Waals surface area contributed by atoms with Gasteiger partial charge in [0, 0.05) is 31.3 Å². The van der Waals surface area contributed by atoms with Crippen molar-refractivity contribution in [2.24, 2.45) is 0 Å². The monoisotopic (exact) mass is 461 g/mol. The molecule has 1 aromatic heterocycles. The molecule has 0 bridgehead atoms. The average Bonchev–Trinajstić information content (AvgIpc) is 3.32. The number of hydrogen-bond donors (Lipinski definition) is 1. The fourth-order valence-corrected chi connectivity index (χ4v) is 4.25.